The summed E-state index contributed by atoms with van der Waals surface area (Å²) in [6.45, 7) is 5.63. The number of esters is 1. The summed E-state index contributed by atoms with van der Waals surface area (Å²) in [4.78, 5) is 22.8. The number of hydrogen-bond donors (Lipinski definition) is 1. The van der Waals surface area contributed by atoms with Crippen LogP contribution in [0.25, 0.3) is 0 Å². The summed E-state index contributed by atoms with van der Waals surface area (Å²) < 4.78 is 34.9. The Labute approximate surface area is 316 Å². The number of hydrogen-bond acceptors (Lipinski definition) is 6. The molecule has 51 heavy (non-hydrogen) atoms. The van der Waals surface area contributed by atoms with Crippen LogP contribution in [0.1, 0.15) is 194 Å². The smallest absolute Gasteiger partial charge is 0.457 e. The van der Waals surface area contributed by atoms with Crippen LogP contribution in [0.3, 0.4) is 0 Å². The lowest BCUT2D eigenvalue weighted by molar-refractivity contribution is -0.870. The Morgan fingerprint density at radius 2 is 1.02 bits per heavy atom. The second kappa shape index (κ2) is 36.2. The van der Waals surface area contributed by atoms with E-state index >= 15 is 0 Å². The van der Waals surface area contributed by atoms with Crippen molar-refractivity contribution in [2.75, 3.05) is 54.1 Å². The predicted octanol–water partition coefficient (Wildman–Crippen LogP) is 12.3. The highest BCUT2D eigenvalue weighted by atomic mass is 31.2. The van der Waals surface area contributed by atoms with Gasteiger partial charge in [0.15, 0.2) is 0 Å². The summed E-state index contributed by atoms with van der Waals surface area (Å²) in [5, 5.41) is 0. The number of unbranched alkanes of at least 4 members (excludes halogenated alkanes) is 24. The van der Waals surface area contributed by atoms with Gasteiger partial charge in [0, 0.05) is 13.0 Å². The molecule has 304 valence electrons. The third kappa shape index (κ3) is 40.3. The highest BCUT2D eigenvalue weighted by Crippen LogP contribution is 2.43. The first-order valence-corrected chi connectivity index (χ1v) is 22.9. The molecule has 0 aromatic rings. The Balaban J connectivity index is 4.23. The monoisotopic (exact) mass is 747 g/mol. The normalized spacial score (nSPS) is 13.9. The predicted molar refractivity (Wildman–Crippen MR) is 215 cm³/mol. The molecule has 0 aliphatic carbocycles. The van der Waals surface area contributed by atoms with E-state index < -0.39 is 13.9 Å². The molecular formula is C42H85NO7P+. The lowest BCUT2D eigenvalue weighted by Gasteiger charge is -2.24. The maximum absolute atomic E-state index is 12.7. The van der Waals surface area contributed by atoms with E-state index in [-0.39, 0.29) is 25.8 Å². The average molecular weight is 747 g/mol. The molecule has 0 aliphatic rings. The van der Waals surface area contributed by atoms with Crippen molar-refractivity contribution in [3.8, 4) is 0 Å². The third-order valence-electron chi connectivity index (χ3n) is 9.33. The molecule has 0 spiro atoms. The minimum atomic E-state index is -4.27. The Kier molecular flexibility index (Phi) is 35.7. The average Bonchev–Trinajstić information content (AvgIpc) is 3.08. The lowest BCUT2D eigenvalue weighted by atomic mass is 10.0. The van der Waals surface area contributed by atoms with Crippen molar-refractivity contribution in [3.63, 3.8) is 0 Å². The van der Waals surface area contributed by atoms with Crippen LogP contribution < -0.4 is 0 Å². The molecule has 0 aromatic heterocycles. The Morgan fingerprint density at radius 1 is 0.588 bits per heavy atom. The van der Waals surface area contributed by atoms with E-state index in [2.05, 4.69) is 26.0 Å². The van der Waals surface area contributed by atoms with Gasteiger partial charge in [-0.1, -0.05) is 161 Å². The van der Waals surface area contributed by atoms with Gasteiger partial charge in [-0.15, -0.1) is 0 Å². The van der Waals surface area contributed by atoms with Gasteiger partial charge in [0.25, 0.3) is 0 Å². The summed E-state index contributed by atoms with van der Waals surface area (Å²) >= 11 is 0. The molecule has 2 atom stereocenters. The van der Waals surface area contributed by atoms with Gasteiger partial charge in [-0.3, -0.25) is 13.8 Å². The number of ether oxygens (including phenoxy) is 2. The van der Waals surface area contributed by atoms with E-state index in [1.54, 1.807) is 0 Å². The fraction of sp³-hybridized carbons (Fsp3) is 0.929. The van der Waals surface area contributed by atoms with Crippen molar-refractivity contribution in [2.45, 2.75) is 200 Å². The molecule has 0 bridgehead atoms. The van der Waals surface area contributed by atoms with Crippen molar-refractivity contribution in [1.82, 2.24) is 0 Å². The maximum atomic E-state index is 12.7. The zero-order chi connectivity index (χ0) is 37.7. The summed E-state index contributed by atoms with van der Waals surface area (Å²) in [5.74, 6) is -0.314. The van der Waals surface area contributed by atoms with Crippen LogP contribution in [0.2, 0.25) is 0 Å². The SMILES string of the molecule is CCCCCCCC/C=C\CCCCCCCCOC[C@H](COP(=O)(O)OCC[N+](C)(C)C)OC(=O)CCCCCCCCCCCCCCC. The topological polar surface area (TPSA) is 91.3 Å². The van der Waals surface area contributed by atoms with Crippen molar-refractivity contribution in [1.29, 1.82) is 0 Å². The van der Waals surface area contributed by atoms with E-state index in [0.29, 0.717) is 24.1 Å². The van der Waals surface area contributed by atoms with Gasteiger partial charge < -0.3 is 18.9 Å². The molecule has 0 fully saturated rings. The minimum absolute atomic E-state index is 0.0905. The molecule has 1 unspecified atom stereocenters. The zero-order valence-electron chi connectivity index (χ0n) is 34.4. The van der Waals surface area contributed by atoms with Crippen LogP contribution in [0.5, 0.6) is 0 Å². The largest absolute Gasteiger partial charge is 0.472 e. The Morgan fingerprint density at radius 3 is 1.49 bits per heavy atom. The van der Waals surface area contributed by atoms with Crippen molar-refractivity contribution < 1.29 is 37.3 Å². The summed E-state index contributed by atoms with van der Waals surface area (Å²) in [5.41, 5.74) is 0. The zero-order valence-corrected chi connectivity index (χ0v) is 35.3. The number of likely N-dealkylation sites (N-methyl/N-ethyl adjacent to an activating group) is 1. The molecule has 0 rings (SSSR count). The lowest BCUT2D eigenvalue weighted by Crippen LogP contribution is -2.37. The number of rotatable bonds is 40. The van der Waals surface area contributed by atoms with Gasteiger partial charge in [-0.05, 0) is 38.5 Å². The number of quaternary nitrogens is 1. The Hall–Kier alpha value is -0.760. The maximum Gasteiger partial charge on any atom is 0.472 e. The molecule has 0 aliphatic heterocycles. The first kappa shape index (κ1) is 50.2. The van der Waals surface area contributed by atoms with Crippen LogP contribution in [0.4, 0.5) is 0 Å². The number of carbonyl (C=O) groups excluding carboxylic acids is 1. The van der Waals surface area contributed by atoms with Gasteiger partial charge in [0.05, 0.1) is 34.4 Å². The van der Waals surface area contributed by atoms with Crippen molar-refractivity contribution in [3.05, 3.63) is 12.2 Å². The minimum Gasteiger partial charge on any atom is -0.457 e. The highest BCUT2D eigenvalue weighted by molar-refractivity contribution is 7.47. The van der Waals surface area contributed by atoms with Gasteiger partial charge in [0.2, 0.25) is 0 Å². The summed E-state index contributed by atoms with van der Waals surface area (Å²) in [6, 6.07) is 0. The van der Waals surface area contributed by atoms with E-state index in [4.69, 9.17) is 18.5 Å². The first-order valence-electron chi connectivity index (χ1n) is 21.4. The molecule has 0 radical (unpaired) electrons. The van der Waals surface area contributed by atoms with Crippen LogP contribution in [-0.4, -0.2) is 75.6 Å². The van der Waals surface area contributed by atoms with Crippen LogP contribution >= 0.6 is 7.82 Å². The first-order chi connectivity index (χ1) is 24.6. The number of carbonyl (C=O) groups is 1. The number of nitrogens with zero attached hydrogens (tertiary/aromatic N) is 1. The van der Waals surface area contributed by atoms with E-state index in [1.165, 1.54) is 141 Å². The van der Waals surface area contributed by atoms with Gasteiger partial charge in [0.1, 0.15) is 19.3 Å². The number of phosphoric ester groups is 1. The van der Waals surface area contributed by atoms with E-state index in [1.807, 2.05) is 21.1 Å². The van der Waals surface area contributed by atoms with Crippen molar-refractivity contribution in [2.24, 2.45) is 0 Å². The third-order valence-corrected chi connectivity index (χ3v) is 10.3. The number of allylic oxidation sites excluding steroid dienone is 2. The highest BCUT2D eigenvalue weighted by Gasteiger charge is 2.26. The molecule has 0 heterocycles. The molecule has 0 saturated carbocycles. The molecule has 8 nitrogen and oxygen atoms in total. The second-order valence-electron chi connectivity index (χ2n) is 15.7. The summed E-state index contributed by atoms with van der Waals surface area (Å²) in [7, 11) is 1.67. The molecule has 1 N–H and O–H groups in total. The van der Waals surface area contributed by atoms with Crippen LogP contribution in [-0.2, 0) is 27.9 Å². The molecular weight excluding hydrogens is 661 g/mol. The molecule has 0 saturated heterocycles. The van der Waals surface area contributed by atoms with Gasteiger partial charge in [-0.25, -0.2) is 4.57 Å². The molecule has 0 aromatic carbocycles. The quantitative estimate of drug-likeness (QED) is 0.0219. The van der Waals surface area contributed by atoms with E-state index in [9.17, 15) is 14.3 Å². The fourth-order valence-electron chi connectivity index (χ4n) is 5.96. The standard InChI is InChI=1S/C42H84NO7P/c1-6-8-10-12-14-16-18-20-21-22-24-26-28-30-32-34-37-47-39-41(40-49-51(45,46)48-38-36-43(3,4)5)50-42(44)35-33-31-29-27-25-23-19-17-15-13-11-9-7-2/h20-21,41H,6-19,22-40H2,1-5H3/p+1/b21-20-/t41-/m1/s1. The summed E-state index contributed by atoms with van der Waals surface area (Å²) in [6.07, 6.45) is 38.0. The van der Waals surface area contributed by atoms with Crippen LogP contribution in [0.15, 0.2) is 12.2 Å². The van der Waals surface area contributed by atoms with E-state index in [0.717, 1.165) is 32.1 Å². The number of phosphoric acid groups is 1. The molecule has 0 amide bonds. The van der Waals surface area contributed by atoms with Gasteiger partial charge in [-0.2, -0.15) is 0 Å². The molecule has 9 heteroatoms. The van der Waals surface area contributed by atoms with Gasteiger partial charge >= 0.3 is 13.8 Å². The van der Waals surface area contributed by atoms with Crippen LogP contribution in [0, 0.1) is 0 Å². The Bertz CT molecular complexity index is 833. The second-order valence-corrected chi connectivity index (χ2v) is 17.2. The van der Waals surface area contributed by atoms with Crippen molar-refractivity contribution >= 4 is 13.8 Å². The fourth-order valence-corrected chi connectivity index (χ4v) is 6.70.